The minimum Gasteiger partial charge on any atom is -0.383 e. The molecule has 1 atom stereocenters. The normalized spacial score (nSPS) is 14.1. The van der Waals surface area contributed by atoms with Crippen LogP contribution in [0.5, 0.6) is 0 Å². The quantitative estimate of drug-likeness (QED) is 0.885. The van der Waals surface area contributed by atoms with Crippen LogP contribution >= 0.6 is 0 Å². The number of ether oxygens (including phenoxy) is 1. The number of benzene rings is 2. The highest BCUT2D eigenvalue weighted by atomic mass is 16.5. The van der Waals surface area contributed by atoms with E-state index in [0.29, 0.717) is 13.0 Å². The molecule has 2 rings (SSSR count). The third-order valence-electron chi connectivity index (χ3n) is 3.50. The molecule has 0 radical (unpaired) electrons. The van der Waals surface area contributed by atoms with E-state index in [1.54, 1.807) is 7.11 Å². The zero-order valence-corrected chi connectivity index (χ0v) is 11.5. The van der Waals surface area contributed by atoms with Gasteiger partial charge >= 0.3 is 0 Å². The SMILES string of the molecule is CCC(O)(COC)c1ccc(-c2ccccc2)cc1. The fourth-order valence-corrected chi connectivity index (χ4v) is 2.23. The zero-order chi connectivity index (χ0) is 13.7. The molecule has 100 valence electrons. The van der Waals surface area contributed by atoms with Gasteiger partial charge in [-0.15, -0.1) is 0 Å². The van der Waals surface area contributed by atoms with Gasteiger partial charge in [-0.2, -0.15) is 0 Å². The van der Waals surface area contributed by atoms with Crippen LogP contribution in [-0.2, 0) is 10.3 Å². The van der Waals surface area contributed by atoms with Crippen molar-refractivity contribution in [3.8, 4) is 11.1 Å². The molecule has 0 fully saturated rings. The molecule has 0 spiro atoms. The van der Waals surface area contributed by atoms with Gasteiger partial charge in [0.15, 0.2) is 0 Å². The standard InChI is InChI=1S/C17H20O2/c1-3-17(18,13-19-2)16-11-9-15(10-12-16)14-7-5-4-6-8-14/h4-12,18H,3,13H2,1-2H3. The summed E-state index contributed by atoms with van der Waals surface area (Å²) < 4.78 is 5.12. The highest BCUT2D eigenvalue weighted by Crippen LogP contribution is 2.28. The van der Waals surface area contributed by atoms with Crippen molar-refractivity contribution in [2.45, 2.75) is 18.9 Å². The molecule has 0 saturated carbocycles. The second kappa shape index (κ2) is 6.00. The van der Waals surface area contributed by atoms with Gasteiger partial charge in [-0.25, -0.2) is 0 Å². The molecule has 1 N–H and O–H groups in total. The lowest BCUT2D eigenvalue weighted by atomic mass is 9.90. The summed E-state index contributed by atoms with van der Waals surface area (Å²) in [5.41, 5.74) is 2.34. The number of rotatable bonds is 5. The lowest BCUT2D eigenvalue weighted by Crippen LogP contribution is -2.30. The Balaban J connectivity index is 2.28. The summed E-state index contributed by atoms with van der Waals surface area (Å²) in [4.78, 5) is 0. The summed E-state index contributed by atoms with van der Waals surface area (Å²) >= 11 is 0. The average molecular weight is 256 g/mol. The Bertz CT molecular complexity index is 505. The smallest absolute Gasteiger partial charge is 0.113 e. The fourth-order valence-electron chi connectivity index (χ4n) is 2.23. The maximum Gasteiger partial charge on any atom is 0.113 e. The van der Waals surface area contributed by atoms with Crippen molar-refractivity contribution in [3.63, 3.8) is 0 Å². The number of hydrogen-bond donors (Lipinski definition) is 1. The molecule has 0 heterocycles. The van der Waals surface area contributed by atoms with Crippen molar-refractivity contribution in [2.24, 2.45) is 0 Å². The van der Waals surface area contributed by atoms with Crippen LogP contribution < -0.4 is 0 Å². The van der Waals surface area contributed by atoms with Crippen LogP contribution in [0.25, 0.3) is 11.1 Å². The van der Waals surface area contributed by atoms with E-state index in [4.69, 9.17) is 4.74 Å². The van der Waals surface area contributed by atoms with Crippen LogP contribution in [0.1, 0.15) is 18.9 Å². The predicted octanol–water partition coefficient (Wildman–Crippen LogP) is 3.60. The Kier molecular flexibility index (Phi) is 4.35. The molecule has 0 saturated heterocycles. The number of aliphatic hydroxyl groups is 1. The molecule has 2 nitrogen and oxygen atoms in total. The van der Waals surface area contributed by atoms with Gasteiger partial charge in [-0.05, 0) is 23.1 Å². The van der Waals surface area contributed by atoms with Crippen molar-refractivity contribution < 1.29 is 9.84 Å². The second-order valence-electron chi connectivity index (χ2n) is 4.76. The van der Waals surface area contributed by atoms with Crippen molar-refractivity contribution in [1.82, 2.24) is 0 Å². The predicted molar refractivity (Wildman–Crippen MR) is 77.9 cm³/mol. The summed E-state index contributed by atoms with van der Waals surface area (Å²) in [6, 6.07) is 18.3. The Morgan fingerprint density at radius 1 is 0.947 bits per heavy atom. The van der Waals surface area contributed by atoms with Gasteiger partial charge in [0.05, 0.1) is 6.61 Å². The molecule has 1 unspecified atom stereocenters. The van der Waals surface area contributed by atoms with Gasteiger partial charge in [-0.1, -0.05) is 61.5 Å². The fraction of sp³-hybridized carbons (Fsp3) is 0.294. The molecule has 0 aliphatic rings. The molecule has 0 amide bonds. The Hall–Kier alpha value is -1.64. The lowest BCUT2D eigenvalue weighted by Gasteiger charge is -2.26. The third-order valence-corrected chi connectivity index (χ3v) is 3.50. The molecule has 0 aromatic heterocycles. The molecule has 2 aromatic carbocycles. The maximum absolute atomic E-state index is 10.5. The van der Waals surface area contributed by atoms with Crippen LogP contribution in [0.4, 0.5) is 0 Å². The highest BCUT2D eigenvalue weighted by molar-refractivity contribution is 5.63. The second-order valence-corrected chi connectivity index (χ2v) is 4.76. The van der Waals surface area contributed by atoms with Crippen LogP contribution in [0, 0.1) is 0 Å². The van der Waals surface area contributed by atoms with Crippen LogP contribution in [0.3, 0.4) is 0 Å². The van der Waals surface area contributed by atoms with E-state index >= 15 is 0 Å². The van der Waals surface area contributed by atoms with Gasteiger partial charge in [0.2, 0.25) is 0 Å². The molecule has 2 aromatic rings. The van der Waals surface area contributed by atoms with Crippen molar-refractivity contribution in [2.75, 3.05) is 13.7 Å². The van der Waals surface area contributed by atoms with E-state index in [2.05, 4.69) is 12.1 Å². The number of hydrogen-bond acceptors (Lipinski definition) is 2. The van der Waals surface area contributed by atoms with E-state index in [-0.39, 0.29) is 0 Å². The summed E-state index contributed by atoms with van der Waals surface area (Å²) in [6.07, 6.45) is 0.630. The number of methoxy groups -OCH3 is 1. The van der Waals surface area contributed by atoms with Gasteiger partial charge in [0.25, 0.3) is 0 Å². The average Bonchev–Trinajstić information content (AvgIpc) is 2.48. The first kappa shape index (κ1) is 13.8. The molecule has 0 aliphatic heterocycles. The Morgan fingerprint density at radius 3 is 2.05 bits per heavy atom. The topological polar surface area (TPSA) is 29.5 Å². The Morgan fingerprint density at radius 2 is 1.53 bits per heavy atom. The first-order valence-electron chi connectivity index (χ1n) is 6.57. The molecule has 19 heavy (non-hydrogen) atoms. The highest BCUT2D eigenvalue weighted by Gasteiger charge is 2.26. The Labute approximate surface area is 114 Å². The van der Waals surface area contributed by atoms with E-state index in [1.807, 2.05) is 49.4 Å². The first-order valence-corrected chi connectivity index (χ1v) is 6.57. The van der Waals surface area contributed by atoms with Crippen LogP contribution in [0.15, 0.2) is 54.6 Å². The van der Waals surface area contributed by atoms with Crippen LogP contribution in [0.2, 0.25) is 0 Å². The molecule has 0 aliphatic carbocycles. The minimum atomic E-state index is -0.899. The zero-order valence-electron chi connectivity index (χ0n) is 11.5. The minimum absolute atomic E-state index is 0.314. The van der Waals surface area contributed by atoms with E-state index < -0.39 is 5.60 Å². The van der Waals surface area contributed by atoms with Crippen molar-refractivity contribution >= 4 is 0 Å². The monoisotopic (exact) mass is 256 g/mol. The third kappa shape index (κ3) is 3.03. The van der Waals surface area contributed by atoms with Crippen LogP contribution in [-0.4, -0.2) is 18.8 Å². The van der Waals surface area contributed by atoms with E-state index in [9.17, 15) is 5.11 Å². The summed E-state index contributed by atoms with van der Waals surface area (Å²) in [6.45, 7) is 2.28. The summed E-state index contributed by atoms with van der Waals surface area (Å²) in [5.74, 6) is 0. The molecular formula is C17H20O2. The van der Waals surface area contributed by atoms with Gasteiger partial charge in [0, 0.05) is 7.11 Å². The summed E-state index contributed by atoms with van der Waals surface area (Å²) in [7, 11) is 1.61. The van der Waals surface area contributed by atoms with Gasteiger partial charge in [-0.3, -0.25) is 0 Å². The van der Waals surface area contributed by atoms with E-state index in [0.717, 1.165) is 11.1 Å². The maximum atomic E-state index is 10.5. The van der Waals surface area contributed by atoms with Crippen molar-refractivity contribution in [1.29, 1.82) is 0 Å². The molecule has 2 heteroatoms. The summed E-state index contributed by atoms with van der Waals surface area (Å²) in [5, 5.41) is 10.5. The van der Waals surface area contributed by atoms with Gasteiger partial charge in [0.1, 0.15) is 5.60 Å². The lowest BCUT2D eigenvalue weighted by molar-refractivity contribution is -0.0386. The van der Waals surface area contributed by atoms with Crippen molar-refractivity contribution in [3.05, 3.63) is 60.2 Å². The van der Waals surface area contributed by atoms with E-state index in [1.165, 1.54) is 5.56 Å². The molecule has 0 bridgehead atoms. The largest absolute Gasteiger partial charge is 0.383 e. The molecular weight excluding hydrogens is 236 g/mol. The van der Waals surface area contributed by atoms with Gasteiger partial charge < -0.3 is 9.84 Å². The first-order chi connectivity index (χ1) is 9.19.